The van der Waals surface area contributed by atoms with E-state index < -0.39 is 6.04 Å². The highest BCUT2D eigenvalue weighted by atomic mass is 16.2. The minimum Gasteiger partial charge on any atom is -0.341 e. The second-order valence-corrected chi connectivity index (χ2v) is 10.1. The summed E-state index contributed by atoms with van der Waals surface area (Å²) in [7, 11) is 2.18. The predicted octanol–water partition coefficient (Wildman–Crippen LogP) is 2.88. The summed E-state index contributed by atoms with van der Waals surface area (Å²) in [5.74, 6) is 0.128. The summed E-state index contributed by atoms with van der Waals surface area (Å²) in [6, 6.07) is 7.23. The minimum absolute atomic E-state index is 0.00475. The van der Waals surface area contributed by atoms with E-state index in [0.717, 1.165) is 31.5 Å². The molecule has 33 heavy (non-hydrogen) atoms. The average Bonchev–Trinajstić information content (AvgIpc) is 3.13. The highest BCUT2D eigenvalue weighted by Crippen LogP contribution is 2.49. The molecule has 2 unspecified atom stereocenters. The lowest BCUT2D eigenvalue weighted by molar-refractivity contribution is -0.136. The molecule has 4 rings (SSSR count). The molecule has 2 aliphatic rings. The molecule has 1 spiro atoms. The van der Waals surface area contributed by atoms with Crippen LogP contribution < -0.4 is 5.32 Å². The fourth-order valence-electron chi connectivity index (χ4n) is 5.52. The second kappa shape index (κ2) is 9.59. The maximum absolute atomic E-state index is 13.5. The van der Waals surface area contributed by atoms with Gasteiger partial charge in [0.05, 0.1) is 0 Å². The molecule has 4 heterocycles. The number of likely N-dealkylation sites (tertiary alicyclic amines) is 2. The van der Waals surface area contributed by atoms with E-state index >= 15 is 0 Å². The quantitative estimate of drug-likeness (QED) is 0.759. The Kier molecular flexibility index (Phi) is 6.79. The molecule has 1 N–H and O–H groups in total. The van der Waals surface area contributed by atoms with Crippen molar-refractivity contribution in [1.82, 2.24) is 25.1 Å². The molecule has 0 aromatic carbocycles. The average molecular weight is 450 g/mol. The lowest BCUT2D eigenvalue weighted by Gasteiger charge is -2.44. The summed E-state index contributed by atoms with van der Waals surface area (Å²) >= 11 is 0. The number of carbonyl (C=O) groups excluding carboxylic acids is 2. The van der Waals surface area contributed by atoms with E-state index in [1.165, 1.54) is 5.56 Å². The van der Waals surface area contributed by atoms with Gasteiger partial charge in [-0.25, -0.2) is 0 Å². The van der Waals surface area contributed by atoms with Crippen molar-refractivity contribution < 1.29 is 9.59 Å². The van der Waals surface area contributed by atoms with E-state index in [9.17, 15) is 9.59 Å². The number of hydrogen-bond donors (Lipinski definition) is 1. The summed E-state index contributed by atoms with van der Waals surface area (Å²) in [6.07, 6.45) is 7.36. The molecular weight excluding hydrogens is 414 g/mol. The summed E-state index contributed by atoms with van der Waals surface area (Å²) < 4.78 is 0. The number of nitrogens with one attached hydrogen (secondary N) is 1. The Morgan fingerprint density at radius 1 is 1.18 bits per heavy atom. The van der Waals surface area contributed by atoms with Crippen LogP contribution in [0, 0.1) is 18.3 Å². The second-order valence-electron chi connectivity index (χ2n) is 10.1. The standard InChI is InChI=1S/C26H35N5O2/c1-18(2)23(29-24(32)22-14-19(3)7-11-28-22)25(33)31-12-8-26(9-13-31)17-30(4)16-21(26)20-6-5-10-27-15-20/h5-7,10-11,14-15,18,21,23H,8-9,12-13,16-17H2,1-4H3,(H,29,32). The largest absolute Gasteiger partial charge is 0.341 e. The molecule has 2 aromatic rings. The molecule has 2 atom stereocenters. The van der Waals surface area contributed by atoms with Crippen LogP contribution in [0.5, 0.6) is 0 Å². The number of aromatic nitrogens is 2. The van der Waals surface area contributed by atoms with Crippen molar-refractivity contribution in [3.63, 3.8) is 0 Å². The van der Waals surface area contributed by atoms with E-state index in [1.54, 1.807) is 12.3 Å². The van der Waals surface area contributed by atoms with Crippen LogP contribution >= 0.6 is 0 Å². The summed E-state index contributed by atoms with van der Waals surface area (Å²) in [5.41, 5.74) is 2.77. The normalized spacial score (nSPS) is 21.4. The molecule has 7 heteroatoms. The van der Waals surface area contributed by atoms with Gasteiger partial charge >= 0.3 is 0 Å². The van der Waals surface area contributed by atoms with Crippen molar-refractivity contribution in [2.75, 3.05) is 33.2 Å². The van der Waals surface area contributed by atoms with Crippen LogP contribution in [0.2, 0.25) is 0 Å². The highest BCUT2D eigenvalue weighted by Gasteiger charge is 2.48. The van der Waals surface area contributed by atoms with Crippen LogP contribution in [-0.2, 0) is 4.79 Å². The van der Waals surface area contributed by atoms with Crippen molar-refractivity contribution in [3.8, 4) is 0 Å². The maximum Gasteiger partial charge on any atom is 0.270 e. The lowest BCUT2D eigenvalue weighted by atomic mass is 9.68. The Hall–Kier alpha value is -2.80. The first kappa shape index (κ1) is 23.4. The number of likely N-dealkylation sites (N-methyl/N-ethyl adjacent to an activating group) is 1. The van der Waals surface area contributed by atoms with E-state index in [2.05, 4.69) is 33.3 Å². The van der Waals surface area contributed by atoms with Gasteiger partial charge in [0.1, 0.15) is 11.7 Å². The first-order valence-electron chi connectivity index (χ1n) is 11.9. The van der Waals surface area contributed by atoms with E-state index in [0.29, 0.717) is 24.7 Å². The first-order valence-corrected chi connectivity index (χ1v) is 11.9. The Morgan fingerprint density at radius 2 is 1.94 bits per heavy atom. The molecule has 7 nitrogen and oxygen atoms in total. The molecule has 0 aliphatic carbocycles. The number of hydrogen-bond acceptors (Lipinski definition) is 5. The van der Waals surface area contributed by atoms with E-state index in [-0.39, 0.29) is 23.1 Å². The molecule has 0 saturated carbocycles. The number of amides is 2. The van der Waals surface area contributed by atoms with Gasteiger partial charge in [0.25, 0.3) is 5.91 Å². The molecule has 0 bridgehead atoms. The molecule has 2 saturated heterocycles. The Morgan fingerprint density at radius 3 is 2.58 bits per heavy atom. The van der Waals surface area contributed by atoms with Gasteiger partial charge in [0.2, 0.25) is 5.91 Å². The number of carbonyl (C=O) groups is 2. The molecule has 2 amide bonds. The van der Waals surface area contributed by atoms with Gasteiger partial charge < -0.3 is 15.1 Å². The van der Waals surface area contributed by atoms with Gasteiger partial charge in [-0.15, -0.1) is 0 Å². The molecule has 176 valence electrons. The third-order valence-corrected chi connectivity index (χ3v) is 7.34. The SMILES string of the molecule is Cc1ccnc(C(=O)NC(C(=O)N2CCC3(CC2)CN(C)CC3c2cccnc2)C(C)C)c1. The van der Waals surface area contributed by atoms with Crippen molar-refractivity contribution >= 4 is 11.8 Å². The van der Waals surface area contributed by atoms with Crippen LogP contribution in [0.15, 0.2) is 42.9 Å². The molecular formula is C26H35N5O2. The van der Waals surface area contributed by atoms with Crippen LogP contribution in [0.3, 0.4) is 0 Å². The third-order valence-electron chi connectivity index (χ3n) is 7.34. The number of nitrogens with zero attached hydrogens (tertiary/aromatic N) is 4. The van der Waals surface area contributed by atoms with Crippen molar-refractivity contribution in [2.45, 2.75) is 45.6 Å². The molecule has 2 aromatic heterocycles. The van der Waals surface area contributed by atoms with E-state index in [1.807, 2.05) is 50.2 Å². The molecule has 2 fully saturated rings. The summed E-state index contributed by atoms with van der Waals surface area (Å²) in [6.45, 7) is 9.36. The smallest absolute Gasteiger partial charge is 0.270 e. The zero-order valence-electron chi connectivity index (χ0n) is 20.1. The zero-order chi connectivity index (χ0) is 23.6. The van der Waals surface area contributed by atoms with Gasteiger partial charge in [0.15, 0.2) is 0 Å². The van der Waals surface area contributed by atoms with Gasteiger partial charge in [-0.1, -0.05) is 19.9 Å². The minimum atomic E-state index is -0.561. The fraction of sp³-hybridized carbons (Fsp3) is 0.538. The Bertz CT molecular complexity index is 985. The maximum atomic E-state index is 13.5. The number of piperidine rings is 1. The topological polar surface area (TPSA) is 78.4 Å². The summed E-state index contributed by atoms with van der Waals surface area (Å²) in [5, 5.41) is 2.95. The first-order chi connectivity index (χ1) is 15.8. The van der Waals surface area contributed by atoms with Crippen LogP contribution in [0.25, 0.3) is 0 Å². The van der Waals surface area contributed by atoms with E-state index in [4.69, 9.17) is 0 Å². The van der Waals surface area contributed by atoms with Gasteiger partial charge in [-0.05, 0) is 67.5 Å². The predicted molar refractivity (Wildman–Crippen MR) is 128 cm³/mol. The summed E-state index contributed by atoms with van der Waals surface area (Å²) in [4.78, 5) is 39.1. The van der Waals surface area contributed by atoms with Crippen molar-refractivity contribution in [1.29, 1.82) is 0 Å². The fourth-order valence-corrected chi connectivity index (χ4v) is 5.52. The molecule has 0 radical (unpaired) electrons. The van der Waals surface area contributed by atoms with Crippen molar-refractivity contribution in [3.05, 3.63) is 59.7 Å². The number of pyridine rings is 2. The molecule has 2 aliphatic heterocycles. The number of aryl methyl sites for hydroxylation is 1. The van der Waals surface area contributed by atoms with Crippen LogP contribution in [-0.4, -0.2) is 70.9 Å². The van der Waals surface area contributed by atoms with Gasteiger partial charge in [-0.2, -0.15) is 0 Å². The number of rotatable bonds is 5. The van der Waals surface area contributed by atoms with Crippen molar-refractivity contribution in [2.24, 2.45) is 11.3 Å². The Balaban J connectivity index is 1.44. The third kappa shape index (κ3) is 4.93. The van der Waals surface area contributed by atoms with Gasteiger partial charge in [0, 0.05) is 50.7 Å². The van der Waals surface area contributed by atoms with Gasteiger partial charge in [-0.3, -0.25) is 19.6 Å². The Labute approximate surface area is 196 Å². The highest BCUT2D eigenvalue weighted by molar-refractivity contribution is 5.96. The lowest BCUT2D eigenvalue weighted by Crippen LogP contribution is -2.54. The monoisotopic (exact) mass is 449 g/mol. The van der Waals surface area contributed by atoms with Crippen LogP contribution in [0.1, 0.15) is 54.2 Å². The zero-order valence-corrected chi connectivity index (χ0v) is 20.1. The van der Waals surface area contributed by atoms with Crippen LogP contribution in [0.4, 0.5) is 0 Å².